The number of azo groups is 1. The highest BCUT2D eigenvalue weighted by atomic mass is 32.2. The number of carbonyl (C=O) groups excluding carboxylic acids is 1. The van der Waals surface area contributed by atoms with E-state index in [0.717, 1.165) is 16.8 Å². The summed E-state index contributed by atoms with van der Waals surface area (Å²) in [5.74, 6) is -0.374. The Morgan fingerprint density at radius 1 is 1.06 bits per heavy atom. The lowest BCUT2D eigenvalue weighted by Gasteiger charge is -2.08. The summed E-state index contributed by atoms with van der Waals surface area (Å²) in [5, 5.41) is 15.9. The molecule has 11 heteroatoms. The second-order valence-corrected chi connectivity index (χ2v) is 9.12. The highest BCUT2D eigenvalue weighted by Gasteiger charge is 2.36. The van der Waals surface area contributed by atoms with Crippen molar-refractivity contribution in [2.45, 2.75) is 24.8 Å². The quantitative estimate of drug-likeness (QED) is 0.455. The maximum atomic E-state index is 12.8. The van der Waals surface area contributed by atoms with Crippen molar-refractivity contribution in [3.63, 3.8) is 0 Å². The molecule has 1 amide bonds. The molecule has 158 valence electrons. The van der Waals surface area contributed by atoms with Crippen LogP contribution in [0.2, 0.25) is 0 Å². The largest absolute Gasteiger partial charge is 0.294 e. The predicted octanol–water partition coefficient (Wildman–Crippen LogP) is 4.24. The number of nitrogens with zero attached hydrogens (tertiary/aromatic N) is 5. The number of carbonyl (C=O) groups is 1. The third-order valence-electron chi connectivity index (χ3n) is 4.54. The fourth-order valence-corrected chi connectivity index (χ4v) is 4.12. The van der Waals surface area contributed by atoms with Gasteiger partial charge in [-0.15, -0.1) is 11.3 Å². The smallest absolute Gasteiger partial charge is 0.282 e. The molecule has 1 unspecified atom stereocenters. The van der Waals surface area contributed by atoms with E-state index < -0.39 is 16.2 Å². The molecule has 1 atom stereocenters. The van der Waals surface area contributed by atoms with Gasteiger partial charge in [0.15, 0.2) is 6.04 Å². The molecule has 0 bridgehead atoms. The van der Waals surface area contributed by atoms with E-state index in [9.17, 15) is 13.2 Å². The average Bonchev–Trinajstić information content (AvgIpc) is 3.32. The summed E-state index contributed by atoms with van der Waals surface area (Å²) in [7, 11) is -4.28. The Balaban J connectivity index is 1.51. The van der Waals surface area contributed by atoms with Gasteiger partial charge in [0.1, 0.15) is 0 Å². The van der Waals surface area contributed by atoms with Gasteiger partial charge in [0.2, 0.25) is 5.13 Å². The Morgan fingerprint density at radius 2 is 1.74 bits per heavy atom. The zero-order valence-electron chi connectivity index (χ0n) is 16.5. The van der Waals surface area contributed by atoms with Crippen LogP contribution in [-0.2, 0) is 14.9 Å². The molecule has 1 N–H and O–H groups in total. The number of hydrogen-bond acceptors (Lipinski definition) is 8. The first-order chi connectivity index (χ1) is 14.7. The molecule has 4 rings (SSSR count). The van der Waals surface area contributed by atoms with Gasteiger partial charge in [-0.05, 0) is 38.1 Å². The number of hydrogen-bond donors (Lipinski definition) is 1. The Hall–Kier alpha value is -3.28. The van der Waals surface area contributed by atoms with E-state index in [4.69, 9.17) is 4.55 Å². The van der Waals surface area contributed by atoms with Crippen LogP contribution in [0, 0.1) is 6.92 Å². The topological polar surface area (TPSA) is 125 Å². The summed E-state index contributed by atoms with van der Waals surface area (Å²) in [5.41, 5.74) is 3.66. The third kappa shape index (κ3) is 4.43. The van der Waals surface area contributed by atoms with Gasteiger partial charge in [-0.25, -0.2) is 4.98 Å². The van der Waals surface area contributed by atoms with Crippen LogP contribution in [0.1, 0.15) is 12.5 Å². The van der Waals surface area contributed by atoms with Crippen molar-refractivity contribution >= 4 is 43.9 Å². The number of rotatable bonds is 5. The van der Waals surface area contributed by atoms with Gasteiger partial charge in [-0.3, -0.25) is 9.35 Å². The molecular weight excluding hydrogens is 438 g/mol. The summed E-state index contributed by atoms with van der Waals surface area (Å²) >= 11 is 1.31. The summed E-state index contributed by atoms with van der Waals surface area (Å²) in [4.78, 5) is 17.1. The minimum Gasteiger partial charge on any atom is -0.282 e. The maximum absolute atomic E-state index is 12.8. The van der Waals surface area contributed by atoms with Crippen LogP contribution in [0.5, 0.6) is 0 Å². The van der Waals surface area contributed by atoms with Crippen LogP contribution < -0.4 is 5.01 Å². The van der Waals surface area contributed by atoms with E-state index in [2.05, 4.69) is 20.3 Å². The first-order valence-corrected chi connectivity index (χ1v) is 11.4. The molecule has 0 saturated carbocycles. The molecule has 9 nitrogen and oxygen atoms in total. The maximum Gasteiger partial charge on any atom is 0.294 e. The van der Waals surface area contributed by atoms with E-state index in [1.165, 1.54) is 40.6 Å². The standard InChI is InChI=1S/C20H17N5O4S2/c1-12-3-5-14(6-4-12)17-11-30-20(21-17)25-19(26)18(13(2)24-25)23-22-15-7-9-16(10-8-15)31(27,28)29/h3-11,18H,1-2H3,(H,27,28,29). The highest BCUT2D eigenvalue weighted by Crippen LogP contribution is 2.31. The number of anilines is 1. The second-order valence-electron chi connectivity index (χ2n) is 6.86. The molecule has 0 fully saturated rings. The van der Waals surface area contributed by atoms with Gasteiger partial charge in [0.25, 0.3) is 16.0 Å². The SMILES string of the molecule is CC1=NN(c2nc(-c3ccc(C)cc3)cs2)C(=O)C1N=Nc1ccc(S(=O)(=O)O)cc1. The van der Waals surface area contributed by atoms with E-state index in [-0.39, 0.29) is 10.8 Å². The van der Waals surface area contributed by atoms with Crippen molar-refractivity contribution in [3.05, 3.63) is 59.5 Å². The Morgan fingerprint density at radius 3 is 2.39 bits per heavy atom. The first kappa shape index (κ1) is 21.0. The number of aromatic nitrogens is 1. The molecule has 0 aliphatic carbocycles. The van der Waals surface area contributed by atoms with Crippen LogP contribution >= 0.6 is 11.3 Å². The van der Waals surface area contributed by atoms with E-state index in [0.29, 0.717) is 16.5 Å². The predicted molar refractivity (Wildman–Crippen MR) is 117 cm³/mol. The molecular formula is C20H17N5O4S2. The lowest BCUT2D eigenvalue weighted by Crippen LogP contribution is -2.29. The van der Waals surface area contributed by atoms with Gasteiger partial charge in [0.05, 0.1) is 22.0 Å². The van der Waals surface area contributed by atoms with Crippen LogP contribution in [0.15, 0.2) is 74.1 Å². The summed E-state index contributed by atoms with van der Waals surface area (Å²) < 4.78 is 31.2. The zero-order valence-corrected chi connectivity index (χ0v) is 18.1. The number of benzene rings is 2. The zero-order chi connectivity index (χ0) is 22.2. The van der Waals surface area contributed by atoms with Crippen molar-refractivity contribution in [2.24, 2.45) is 15.3 Å². The van der Waals surface area contributed by atoms with Gasteiger partial charge in [0, 0.05) is 10.9 Å². The highest BCUT2D eigenvalue weighted by molar-refractivity contribution is 7.85. The summed E-state index contributed by atoms with van der Waals surface area (Å²) in [6, 6.07) is 12.2. The summed E-state index contributed by atoms with van der Waals surface area (Å²) in [6.45, 7) is 3.69. The van der Waals surface area contributed by atoms with Crippen LogP contribution in [0.3, 0.4) is 0 Å². The van der Waals surface area contributed by atoms with Crippen LogP contribution in [-0.4, -0.2) is 35.6 Å². The molecule has 1 aromatic heterocycles. The first-order valence-electron chi connectivity index (χ1n) is 9.12. The fraction of sp³-hybridized carbons (Fsp3) is 0.150. The van der Waals surface area contributed by atoms with Crippen molar-refractivity contribution in [1.29, 1.82) is 0 Å². The van der Waals surface area contributed by atoms with E-state index >= 15 is 0 Å². The van der Waals surface area contributed by atoms with E-state index in [1.54, 1.807) is 6.92 Å². The normalized spacial score (nSPS) is 16.9. The van der Waals surface area contributed by atoms with Crippen molar-refractivity contribution in [1.82, 2.24) is 4.98 Å². The summed E-state index contributed by atoms with van der Waals surface area (Å²) in [6.07, 6.45) is 0. The Labute approximate surface area is 182 Å². The van der Waals surface area contributed by atoms with Gasteiger partial charge >= 0.3 is 0 Å². The molecule has 1 aliphatic heterocycles. The molecule has 2 aromatic carbocycles. The van der Waals surface area contributed by atoms with Crippen molar-refractivity contribution in [2.75, 3.05) is 5.01 Å². The Bertz CT molecular complexity index is 1300. The molecule has 0 saturated heterocycles. The van der Waals surface area contributed by atoms with E-state index in [1.807, 2.05) is 36.6 Å². The van der Waals surface area contributed by atoms with Crippen molar-refractivity contribution < 1.29 is 17.8 Å². The average molecular weight is 456 g/mol. The minimum absolute atomic E-state index is 0.250. The second kappa shape index (κ2) is 8.10. The number of amides is 1. The monoisotopic (exact) mass is 455 g/mol. The molecule has 1 aliphatic rings. The number of aryl methyl sites for hydroxylation is 1. The van der Waals surface area contributed by atoms with Gasteiger partial charge < -0.3 is 0 Å². The minimum atomic E-state index is -4.28. The third-order valence-corrected chi connectivity index (χ3v) is 6.22. The van der Waals surface area contributed by atoms with Crippen LogP contribution in [0.25, 0.3) is 11.3 Å². The molecule has 31 heavy (non-hydrogen) atoms. The van der Waals surface area contributed by atoms with Crippen molar-refractivity contribution in [3.8, 4) is 11.3 Å². The Kier molecular flexibility index (Phi) is 5.48. The fourth-order valence-electron chi connectivity index (χ4n) is 2.85. The molecule has 2 heterocycles. The number of hydrazone groups is 1. The molecule has 0 radical (unpaired) electrons. The molecule has 0 spiro atoms. The van der Waals surface area contributed by atoms with Gasteiger partial charge in [-0.1, -0.05) is 29.8 Å². The lowest BCUT2D eigenvalue weighted by molar-refractivity contribution is -0.117. The van der Waals surface area contributed by atoms with Crippen LogP contribution in [0.4, 0.5) is 10.8 Å². The lowest BCUT2D eigenvalue weighted by atomic mass is 10.1. The number of thiazole rings is 1. The molecule has 3 aromatic rings. The van der Waals surface area contributed by atoms with Gasteiger partial charge in [-0.2, -0.15) is 28.8 Å².